The van der Waals surface area contributed by atoms with Crippen LogP contribution in [0.5, 0.6) is 0 Å². The molecule has 0 aliphatic carbocycles. The van der Waals surface area contributed by atoms with E-state index in [1.807, 2.05) is 0 Å². The van der Waals surface area contributed by atoms with Gasteiger partial charge in [0, 0.05) is 0 Å². The van der Waals surface area contributed by atoms with Crippen molar-refractivity contribution in [1.82, 2.24) is 9.97 Å². The van der Waals surface area contributed by atoms with E-state index in [-0.39, 0.29) is 10.8 Å². The maximum Gasteiger partial charge on any atom is 0.345 e. The molecule has 0 bridgehead atoms. The molecule has 17 heavy (non-hydrogen) atoms. The molecule has 7 heteroatoms. The summed E-state index contributed by atoms with van der Waals surface area (Å²) in [7, 11) is 0. The molecule has 2 rings (SSSR count). The minimum atomic E-state index is -1.04. The number of nitrogens with one attached hydrogen (secondary N) is 1. The molecule has 2 N–H and O–H groups in total. The smallest absolute Gasteiger partial charge is 0.345 e. The molecule has 0 unspecified atom stereocenters. The molecule has 1 amide bonds. The molecule has 86 valence electrons. The average Bonchev–Trinajstić information content (AvgIpc) is 2.79. The van der Waals surface area contributed by atoms with Gasteiger partial charge in [-0.25, -0.2) is 14.8 Å². The molecule has 0 saturated heterocycles. The van der Waals surface area contributed by atoms with Gasteiger partial charge in [0.05, 0.1) is 23.0 Å². The van der Waals surface area contributed by atoms with E-state index >= 15 is 0 Å². The summed E-state index contributed by atoms with van der Waals surface area (Å²) in [5.41, 5.74) is 0.461. The number of carbonyl (C=O) groups is 2. The molecule has 2 heterocycles. The van der Waals surface area contributed by atoms with E-state index in [9.17, 15) is 9.59 Å². The fraction of sp³-hybridized carbons (Fsp3) is 0. The van der Waals surface area contributed by atoms with Crippen molar-refractivity contribution in [2.24, 2.45) is 0 Å². The molecule has 6 nitrogen and oxygen atoms in total. The van der Waals surface area contributed by atoms with Gasteiger partial charge in [0.1, 0.15) is 11.2 Å². The number of anilines is 1. The highest BCUT2D eigenvalue weighted by Crippen LogP contribution is 2.17. The van der Waals surface area contributed by atoms with Gasteiger partial charge in [-0.3, -0.25) is 4.79 Å². The Balaban J connectivity index is 2.12. The van der Waals surface area contributed by atoms with E-state index < -0.39 is 5.97 Å². The lowest BCUT2D eigenvalue weighted by atomic mass is 10.4. The monoisotopic (exact) mass is 249 g/mol. The van der Waals surface area contributed by atoms with Crippen molar-refractivity contribution >= 4 is 28.9 Å². The van der Waals surface area contributed by atoms with Gasteiger partial charge in [-0.1, -0.05) is 0 Å². The zero-order valence-corrected chi connectivity index (χ0v) is 9.27. The van der Waals surface area contributed by atoms with Crippen LogP contribution in [0.1, 0.15) is 19.3 Å². The lowest BCUT2D eigenvalue weighted by molar-refractivity contribution is 0.0702. The molecule has 0 atom stereocenters. The Bertz CT molecular complexity index is 553. The van der Waals surface area contributed by atoms with Crippen molar-refractivity contribution < 1.29 is 14.7 Å². The zero-order valence-electron chi connectivity index (χ0n) is 8.45. The molecule has 2 aromatic rings. The van der Waals surface area contributed by atoms with Gasteiger partial charge in [0.2, 0.25) is 0 Å². The van der Waals surface area contributed by atoms with E-state index in [0.29, 0.717) is 10.6 Å². The molecule has 0 aliphatic rings. The normalized spacial score (nSPS) is 9.88. The molecule has 0 radical (unpaired) electrons. The Morgan fingerprint density at radius 3 is 2.41 bits per heavy atom. The minimum absolute atomic E-state index is 0.125. The second kappa shape index (κ2) is 4.71. The molecule has 0 aromatic carbocycles. The average molecular weight is 249 g/mol. The number of thiophene rings is 1. The number of rotatable bonds is 3. The fourth-order valence-electron chi connectivity index (χ4n) is 1.13. The summed E-state index contributed by atoms with van der Waals surface area (Å²) in [5, 5.41) is 11.3. The maximum atomic E-state index is 11.7. The Morgan fingerprint density at radius 1 is 1.18 bits per heavy atom. The van der Waals surface area contributed by atoms with Gasteiger partial charge in [-0.15, -0.1) is 11.3 Å². The molecule has 0 aliphatic heterocycles. The molecular formula is C10H7N3O3S. The number of nitrogens with zero attached hydrogens (tertiary/aromatic N) is 2. The predicted molar refractivity (Wildman–Crippen MR) is 61.3 cm³/mol. The zero-order chi connectivity index (χ0) is 12.3. The summed E-state index contributed by atoms with van der Waals surface area (Å²) in [6.45, 7) is 0. The van der Waals surface area contributed by atoms with Crippen molar-refractivity contribution in [2.45, 2.75) is 0 Å². The third-order valence-electron chi connectivity index (χ3n) is 1.86. The van der Waals surface area contributed by atoms with Crippen LogP contribution in [-0.4, -0.2) is 27.0 Å². The van der Waals surface area contributed by atoms with Crippen LogP contribution in [0, 0.1) is 0 Å². The number of aromatic nitrogens is 2. The van der Waals surface area contributed by atoms with Gasteiger partial charge in [-0.2, -0.15) is 0 Å². The summed E-state index contributed by atoms with van der Waals surface area (Å²) >= 11 is 0.916. The number of carbonyl (C=O) groups excluding carboxylic acids is 1. The van der Waals surface area contributed by atoms with E-state index in [4.69, 9.17) is 5.11 Å². The second-order valence-corrected chi connectivity index (χ2v) is 4.13. The van der Waals surface area contributed by atoms with Crippen LogP contribution in [0.3, 0.4) is 0 Å². The molecule has 0 fully saturated rings. The van der Waals surface area contributed by atoms with E-state index in [1.54, 1.807) is 0 Å². The van der Waals surface area contributed by atoms with E-state index in [1.165, 1.54) is 30.9 Å². The maximum absolute atomic E-state index is 11.7. The number of carboxylic acid groups (broad SMARTS) is 1. The van der Waals surface area contributed by atoms with Gasteiger partial charge in [-0.05, 0) is 12.1 Å². The largest absolute Gasteiger partial charge is 0.477 e. The van der Waals surface area contributed by atoms with Crippen molar-refractivity contribution in [1.29, 1.82) is 0 Å². The summed E-state index contributed by atoms with van der Waals surface area (Å²) < 4.78 is 0. The second-order valence-electron chi connectivity index (χ2n) is 3.05. The van der Waals surface area contributed by atoms with Crippen LogP contribution < -0.4 is 5.32 Å². The highest BCUT2D eigenvalue weighted by atomic mass is 32.1. The molecule has 2 aromatic heterocycles. The highest BCUT2D eigenvalue weighted by Gasteiger charge is 2.12. The third-order valence-corrected chi connectivity index (χ3v) is 2.93. The first-order valence-electron chi connectivity index (χ1n) is 4.56. The van der Waals surface area contributed by atoms with Crippen LogP contribution in [0.2, 0.25) is 0 Å². The Kier molecular flexibility index (Phi) is 3.10. The predicted octanol–water partition coefficient (Wildman–Crippen LogP) is 1.49. The molecular weight excluding hydrogens is 242 g/mol. The quantitative estimate of drug-likeness (QED) is 0.859. The summed E-state index contributed by atoms with van der Waals surface area (Å²) in [6, 6.07) is 2.86. The number of hydrogen-bond acceptors (Lipinski definition) is 5. The van der Waals surface area contributed by atoms with Gasteiger partial charge >= 0.3 is 5.97 Å². The van der Waals surface area contributed by atoms with Gasteiger partial charge < -0.3 is 10.4 Å². The third kappa shape index (κ3) is 2.64. The fourth-order valence-corrected chi connectivity index (χ4v) is 1.87. The summed E-state index contributed by atoms with van der Waals surface area (Å²) in [4.78, 5) is 30.3. The van der Waals surface area contributed by atoms with Crippen LogP contribution in [0.25, 0.3) is 0 Å². The Morgan fingerprint density at radius 2 is 1.82 bits per heavy atom. The number of hydrogen-bond donors (Lipinski definition) is 2. The first-order chi connectivity index (χ1) is 8.16. The first-order valence-corrected chi connectivity index (χ1v) is 5.38. The van der Waals surface area contributed by atoms with Crippen LogP contribution in [0.15, 0.2) is 30.9 Å². The van der Waals surface area contributed by atoms with Crippen molar-refractivity contribution in [3.63, 3.8) is 0 Å². The number of amides is 1. The van der Waals surface area contributed by atoms with Crippen LogP contribution >= 0.6 is 11.3 Å². The molecule has 0 saturated carbocycles. The van der Waals surface area contributed by atoms with Crippen LogP contribution in [0.4, 0.5) is 5.69 Å². The van der Waals surface area contributed by atoms with Crippen molar-refractivity contribution in [3.8, 4) is 0 Å². The SMILES string of the molecule is O=C(O)c1ccc(C(=O)Nc2cncnc2)s1. The Labute approximate surface area is 100.0 Å². The van der Waals surface area contributed by atoms with Gasteiger partial charge in [0.15, 0.2) is 0 Å². The lowest BCUT2D eigenvalue weighted by Gasteiger charge is -2.00. The van der Waals surface area contributed by atoms with Crippen molar-refractivity contribution in [3.05, 3.63) is 40.6 Å². The Hall–Kier alpha value is -2.28. The lowest BCUT2D eigenvalue weighted by Crippen LogP contribution is -2.10. The van der Waals surface area contributed by atoms with Gasteiger partial charge in [0.25, 0.3) is 5.91 Å². The minimum Gasteiger partial charge on any atom is -0.477 e. The van der Waals surface area contributed by atoms with E-state index in [0.717, 1.165) is 11.3 Å². The number of aromatic carboxylic acids is 1. The first kappa shape index (κ1) is 11.2. The molecule has 0 spiro atoms. The summed E-state index contributed by atoms with van der Waals surface area (Å²) in [6.07, 6.45) is 4.26. The van der Waals surface area contributed by atoms with Crippen molar-refractivity contribution in [2.75, 3.05) is 5.32 Å². The van der Waals surface area contributed by atoms with E-state index in [2.05, 4.69) is 15.3 Å². The highest BCUT2D eigenvalue weighted by molar-refractivity contribution is 7.15. The van der Waals surface area contributed by atoms with Crippen LogP contribution in [-0.2, 0) is 0 Å². The topological polar surface area (TPSA) is 92.2 Å². The standard InChI is InChI=1S/C10H7N3O3S/c14-9(13-6-3-11-5-12-4-6)7-1-2-8(17-7)10(15)16/h1-5H,(H,13,14)(H,15,16). The number of carboxylic acids is 1. The summed E-state index contributed by atoms with van der Waals surface area (Å²) in [5.74, 6) is -1.42.